The number of fused-ring (bicyclic) bond motifs is 1. The van der Waals surface area contributed by atoms with Gasteiger partial charge in [-0.1, -0.05) is 67.6 Å². The van der Waals surface area contributed by atoms with Crippen LogP contribution >= 0.6 is 11.8 Å². The Morgan fingerprint density at radius 3 is 2.61 bits per heavy atom. The molecule has 1 aromatic heterocycles. The Morgan fingerprint density at radius 2 is 1.86 bits per heavy atom. The molecule has 0 aliphatic carbocycles. The largest absolute Gasteiger partial charge is 0.353 e. The van der Waals surface area contributed by atoms with Crippen LogP contribution in [0.3, 0.4) is 0 Å². The average Bonchev–Trinajstić information content (AvgIpc) is 2.70. The van der Waals surface area contributed by atoms with Gasteiger partial charge in [0.15, 0.2) is 5.16 Å². The van der Waals surface area contributed by atoms with Crippen molar-refractivity contribution < 1.29 is 4.79 Å². The third-order valence-electron chi connectivity index (χ3n) is 4.47. The molecule has 0 aliphatic rings. The van der Waals surface area contributed by atoms with Gasteiger partial charge in [0.2, 0.25) is 5.91 Å². The summed E-state index contributed by atoms with van der Waals surface area (Å²) in [6.07, 6.45) is 1.97. The lowest BCUT2D eigenvalue weighted by atomic mass is 10.2. The summed E-state index contributed by atoms with van der Waals surface area (Å²) in [5.41, 5.74) is 1.58. The number of thioether (sulfide) groups is 1. The van der Waals surface area contributed by atoms with Crippen molar-refractivity contribution >= 4 is 28.6 Å². The van der Waals surface area contributed by atoms with E-state index in [2.05, 4.69) is 17.2 Å². The number of nitrogens with one attached hydrogen (secondary N) is 1. The van der Waals surface area contributed by atoms with Crippen LogP contribution in [0.25, 0.3) is 10.9 Å². The summed E-state index contributed by atoms with van der Waals surface area (Å²) >= 11 is 1.30. The van der Waals surface area contributed by atoms with Crippen LogP contribution in [-0.4, -0.2) is 27.3 Å². The first kappa shape index (κ1) is 20.1. The van der Waals surface area contributed by atoms with Crippen molar-refractivity contribution in [1.29, 1.82) is 0 Å². The maximum absolute atomic E-state index is 13.1. The van der Waals surface area contributed by atoms with E-state index in [-0.39, 0.29) is 23.3 Å². The standard InChI is InChI=1S/C22H25N3O2S/c1-3-9-16(2)23-20(26)15-28-22-24-19-13-8-7-12-18(19)21(27)25(22)14-17-10-5-4-6-11-17/h4-8,10-13,16H,3,9,14-15H2,1-2H3,(H,23,26)/t16-/m1/s1. The molecule has 6 heteroatoms. The molecule has 146 valence electrons. The van der Waals surface area contributed by atoms with Crippen molar-refractivity contribution in [2.45, 2.75) is 44.4 Å². The van der Waals surface area contributed by atoms with E-state index in [4.69, 9.17) is 0 Å². The van der Waals surface area contributed by atoms with Gasteiger partial charge in [0.05, 0.1) is 23.2 Å². The van der Waals surface area contributed by atoms with Crippen molar-refractivity contribution in [1.82, 2.24) is 14.9 Å². The monoisotopic (exact) mass is 395 g/mol. The van der Waals surface area contributed by atoms with Crippen LogP contribution in [-0.2, 0) is 11.3 Å². The van der Waals surface area contributed by atoms with Crippen LogP contribution in [0.1, 0.15) is 32.3 Å². The number of para-hydroxylation sites is 1. The maximum atomic E-state index is 13.1. The molecule has 0 fully saturated rings. The van der Waals surface area contributed by atoms with Crippen LogP contribution in [0.15, 0.2) is 64.5 Å². The minimum absolute atomic E-state index is 0.0420. The summed E-state index contributed by atoms with van der Waals surface area (Å²) in [5, 5.41) is 4.14. The number of nitrogens with zero attached hydrogens (tertiary/aromatic N) is 2. The molecule has 0 spiro atoms. The van der Waals surface area contributed by atoms with Gasteiger partial charge in [-0.15, -0.1) is 0 Å². The fourth-order valence-electron chi connectivity index (χ4n) is 3.12. The minimum atomic E-state index is -0.0864. The number of benzene rings is 2. The first-order chi connectivity index (χ1) is 13.6. The number of rotatable bonds is 8. The second kappa shape index (κ2) is 9.55. The fraction of sp³-hybridized carbons (Fsp3) is 0.318. The number of hydrogen-bond acceptors (Lipinski definition) is 4. The molecule has 0 saturated heterocycles. The summed E-state index contributed by atoms with van der Waals surface area (Å²) in [5.74, 6) is 0.188. The van der Waals surface area contributed by atoms with Gasteiger partial charge in [0.25, 0.3) is 5.56 Å². The molecule has 1 N–H and O–H groups in total. The highest BCUT2D eigenvalue weighted by atomic mass is 32.2. The number of aromatic nitrogens is 2. The van der Waals surface area contributed by atoms with Crippen molar-refractivity contribution in [2.75, 3.05) is 5.75 Å². The lowest BCUT2D eigenvalue weighted by Gasteiger charge is -2.15. The Kier molecular flexibility index (Phi) is 6.87. The van der Waals surface area contributed by atoms with E-state index < -0.39 is 0 Å². The molecule has 1 atom stereocenters. The Morgan fingerprint density at radius 1 is 1.14 bits per heavy atom. The third-order valence-corrected chi connectivity index (χ3v) is 5.45. The normalized spacial score (nSPS) is 12.1. The molecule has 1 amide bonds. The molecule has 0 radical (unpaired) electrons. The van der Waals surface area contributed by atoms with E-state index in [1.54, 1.807) is 10.6 Å². The summed E-state index contributed by atoms with van der Waals surface area (Å²) < 4.78 is 1.66. The van der Waals surface area contributed by atoms with Gasteiger partial charge in [-0.2, -0.15) is 0 Å². The van der Waals surface area contributed by atoms with Crippen molar-refractivity contribution in [2.24, 2.45) is 0 Å². The Bertz CT molecular complexity index is 1000. The first-order valence-electron chi connectivity index (χ1n) is 9.54. The van der Waals surface area contributed by atoms with E-state index in [1.165, 1.54) is 11.8 Å². The maximum Gasteiger partial charge on any atom is 0.262 e. The van der Waals surface area contributed by atoms with Crippen LogP contribution in [0.4, 0.5) is 0 Å². The molecule has 0 bridgehead atoms. The molecular weight excluding hydrogens is 370 g/mol. The Hall–Kier alpha value is -2.60. The lowest BCUT2D eigenvalue weighted by Crippen LogP contribution is -2.34. The molecule has 28 heavy (non-hydrogen) atoms. The summed E-state index contributed by atoms with van der Waals surface area (Å²) in [6.45, 7) is 4.53. The van der Waals surface area contributed by atoms with Gasteiger partial charge in [-0.25, -0.2) is 4.98 Å². The Labute approximate surface area is 169 Å². The van der Waals surface area contributed by atoms with Gasteiger partial charge in [0.1, 0.15) is 0 Å². The molecule has 2 aromatic carbocycles. The summed E-state index contributed by atoms with van der Waals surface area (Å²) in [7, 11) is 0. The number of amides is 1. The van der Waals surface area contributed by atoms with Crippen LogP contribution in [0.2, 0.25) is 0 Å². The molecule has 3 rings (SSSR count). The fourth-order valence-corrected chi connectivity index (χ4v) is 3.92. The van der Waals surface area contributed by atoms with Crippen molar-refractivity contribution in [3.8, 4) is 0 Å². The molecule has 0 saturated carbocycles. The van der Waals surface area contributed by atoms with Crippen molar-refractivity contribution in [3.05, 3.63) is 70.5 Å². The third kappa shape index (κ3) is 5.01. The van der Waals surface area contributed by atoms with Crippen molar-refractivity contribution in [3.63, 3.8) is 0 Å². The second-order valence-electron chi connectivity index (χ2n) is 6.83. The molecule has 0 unspecified atom stereocenters. The zero-order valence-corrected chi connectivity index (χ0v) is 17.0. The minimum Gasteiger partial charge on any atom is -0.353 e. The molecule has 3 aromatic rings. The zero-order chi connectivity index (χ0) is 19.9. The van der Waals surface area contributed by atoms with Gasteiger partial charge in [0, 0.05) is 6.04 Å². The topological polar surface area (TPSA) is 64.0 Å². The zero-order valence-electron chi connectivity index (χ0n) is 16.2. The van der Waals surface area contributed by atoms with Gasteiger partial charge in [-0.05, 0) is 31.0 Å². The average molecular weight is 396 g/mol. The number of carbonyl (C=O) groups is 1. The Balaban J connectivity index is 1.88. The smallest absolute Gasteiger partial charge is 0.262 e. The van der Waals surface area contributed by atoms with Gasteiger partial charge in [-0.3, -0.25) is 14.2 Å². The molecule has 5 nitrogen and oxygen atoms in total. The van der Waals surface area contributed by atoms with E-state index in [0.29, 0.717) is 22.6 Å². The summed E-state index contributed by atoms with van der Waals surface area (Å²) in [6, 6.07) is 17.3. The highest BCUT2D eigenvalue weighted by Gasteiger charge is 2.14. The lowest BCUT2D eigenvalue weighted by molar-refractivity contribution is -0.119. The van der Waals surface area contributed by atoms with Gasteiger partial charge < -0.3 is 5.32 Å². The molecule has 0 aliphatic heterocycles. The number of hydrogen-bond donors (Lipinski definition) is 1. The molecular formula is C22H25N3O2S. The van der Waals surface area contributed by atoms with E-state index in [9.17, 15) is 9.59 Å². The van der Waals surface area contributed by atoms with Crippen LogP contribution in [0.5, 0.6) is 0 Å². The van der Waals surface area contributed by atoms with Crippen LogP contribution in [0, 0.1) is 0 Å². The highest BCUT2D eigenvalue weighted by Crippen LogP contribution is 2.19. The van der Waals surface area contributed by atoms with E-state index in [0.717, 1.165) is 18.4 Å². The summed E-state index contributed by atoms with van der Waals surface area (Å²) in [4.78, 5) is 30.0. The number of carbonyl (C=O) groups excluding carboxylic acids is 1. The predicted octanol–water partition coefficient (Wildman–Crippen LogP) is 3.84. The van der Waals surface area contributed by atoms with Crippen LogP contribution < -0.4 is 10.9 Å². The van der Waals surface area contributed by atoms with E-state index in [1.807, 2.05) is 55.5 Å². The SMILES string of the molecule is CCC[C@@H](C)NC(=O)CSc1nc2ccccc2c(=O)n1Cc1ccccc1. The highest BCUT2D eigenvalue weighted by molar-refractivity contribution is 7.99. The van der Waals surface area contributed by atoms with Gasteiger partial charge >= 0.3 is 0 Å². The molecule has 1 heterocycles. The first-order valence-corrected chi connectivity index (χ1v) is 10.5. The quantitative estimate of drug-likeness (QED) is 0.465. The predicted molar refractivity (Wildman–Crippen MR) is 115 cm³/mol. The second-order valence-corrected chi connectivity index (χ2v) is 7.78. The van der Waals surface area contributed by atoms with E-state index >= 15 is 0 Å².